The average molecular weight is 372 g/mol. The van der Waals surface area contributed by atoms with Gasteiger partial charge in [-0.1, -0.05) is 51.9 Å². The maximum absolute atomic E-state index is 12.1. The lowest BCUT2D eigenvalue weighted by molar-refractivity contribution is -0.274. The molecule has 1 aromatic rings. The van der Waals surface area contributed by atoms with Crippen molar-refractivity contribution in [3.05, 3.63) is 24.3 Å². The molecule has 1 aliphatic rings. The van der Waals surface area contributed by atoms with Gasteiger partial charge in [0.1, 0.15) is 11.5 Å². The zero-order valence-corrected chi connectivity index (χ0v) is 15.2. The average Bonchev–Trinajstić information content (AvgIpc) is 2.59. The van der Waals surface area contributed by atoms with E-state index in [1.165, 1.54) is 57.1 Å². The van der Waals surface area contributed by atoms with Crippen LogP contribution < -0.4 is 9.47 Å². The van der Waals surface area contributed by atoms with E-state index in [-0.39, 0.29) is 17.5 Å². The standard InChI is InChI=1S/C20H27F3O3/c1-2-3-4-15-5-7-16(8-6-15)9-14-19(24)25-17-10-12-18(13-11-17)26-20(21,22)23/h10-13,15-16H,2-9,14H2,1H3. The lowest BCUT2D eigenvalue weighted by Crippen LogP contribution is -2.17. The number of carbonyl (C=O) groups excluding carboxylic acids is 1. The van der Waals surface area contributed by atoms with Gasteiger partial charge in [-0.3, -0.25) is 4.79 Å². The highest BCUT2D eigenvalue weighted by molar-refractivity contribution is 5.72. The SMILES string of the molecule is CCCCC1CCC(CCC(=O)Oc2ccc(OC(F)(F)F)cc2)CC1. The molecule has 0 aliphatic heterocycles. The summed E-state index contributed by atoms with van der Waals surface area (Å²) in [7, 11) is 0. The molecule has 146 valence electrons. The predicted molar refractivity (Wildman–Crippen MR) is 93.0 cm³/mol. The highest BCUT2D eigenvalue weighted by Gasteiger charge is 2.31. The van der Waals surface area contributed by atoms with Crippen molar-refractivity contribution >= 4 is 5.97 Å². The predicted octanol–water partition coefficient (Wildman–Crippen LogP) is 6.27. The molecule has 26 heavy (non-hydrogen) atoms. The summed E-state index contributed by atoms with van der Waals surface area (Å²) in [5, 5.41) is 0. The van der Waals surface area contributed by atoms with Crippen molar-refractivity contribution in [2.75, 3.05) is 0 Å². The number of carbonyl (C=O) groups is 1. The molecule has 0 heterocycles. The number of hydrogen-bond donors (Lipinski definition) is 0. The first-order valence-electron chi connectivity index (χ1n) is 9.42. The topological polar surface area (TPSA) is 35.5 Å². The first kappa shape index (κ1) is 20.6. The van der Waals surface area contributed by atoms with Gasteiger partial charge < -0.3 is 9.47 Å². The van der Waals surface area contributed by atoms with Gasteiger partial charge in [-0.15, -0.1) is 13.2 Å². The number of ether oxygens (including phenoxy) is 2. The van der Waals surface area contributed by atoms with Gasteiger partial charge in [-0.05, 0) is 42.5 Å². The summed E-state index contributed by atoms with van der Waals surface area (Å²) in [6, 6.07) is 4.87. The van der Waals surface area contributed by atoms with Crippen LogP contribution >= 0.6 is 0 Å². The van der Waals surface area contributed by atoms with Crippen molar-refractivity contribution in [1.82, 2.24) is 0 Å². The van der Waals surface area contributed by atoms with Gasteiger partial charge in [0.25, 0.3) is 0 Å². The van der Waals surface area contributed by atoms with Crippen molar-refractivity contribution in [3.63, 3.8) is 0 Å². The smallest absolute Gasteiger partial charge is 0.427 e. The molecule has 0 atom stereocenters. The molecule has 0 saturated heterocycles. The summed E-state index contributed by atoms with van der Waals surface area (Å²) in [5.74, 6) is 0.964. The Morgan fingerprint density at radius 3 is 2.08 bits per heavy atom. The molecular weight excluding hydrogens is 345 g/mol. The summed E-state index contributed by atoms with van der Waals surface area (Å²) in [4.78, 5) is 11.9. The second-order valence-electron chi connectivity index (χ2n) is 7.06. The van der Waals surface area contributed by atoms with E-state index in [9.17, 15) is 18.0 Å². The minimum Gasteiger partial charge on any atom is -0.427 e. The van der Waals surface area contributed by atoms with Crippen molar-refractivity contribution in [3.8, 4) is 11.5 Å². The molecule has 0 spiro atoms. The number of alkyl halides is 3. The lowest BCUT2D eigenvalue weighted by Gasteiger charge is -2.28. The first-order chi connectivity index (χ1) is 12.4. The van der Waals surface area contributed by atoms with Crippen molar-refractivity contribution < 1.29 is 27.4 Å². The fourth-order valence-electron chi connectivity index (χ4n) is 3.52. The lowest BCUT2D eigenvalue weighted by atomic mass is 9.78. The van der Waals surface area contributed by atoms with Crippen LogP contribution in [-0.4, -0.2) is 12.3 Å². The quantitative estimate of drug-likeness (QED) is 0.399. The Labute approximate surface area is 152 Å². The highest BCUT2D eigenvalue weighted by Crippen LogP contribution is 2.34. The molecule has 1 fully saturated rings. The Hall–Kier alpha value is -1.72. The Morgan fingerprint density at radius 1 is 1.00 bits per heavy atom. The summed E-state index contributed by atoms with van der Waals surface area (Å²) in [6.45, 7) is 2.22. The second-order valence-corrected chi connectivity index (χ2v) is 7.06. The van der Waals surface area contributed by atoms with Gasteiger partial charge in [-0.2, -0.15) is 0 Å². The van der Waals surface area contributed by atoms with E-state index in [4.69, 9.17) is 4.74 Å². The number of benzene rings is 1. The van der Waals surface area contributed by atoms with E-state index >= 15 is 0 Å². The fourth-order valence-corrected chi connectivity index (χ4v) is 3.52. The summed E-state index contributed by atoms with van der Waals surface area (Å²) in [6.07, 6.45) is 5.13. The molecule has 0 N–H and O–H groups in total. The van der Waals surface area contributed by atoms with Gasteiger partial charge >= 0.3 is 12.3 Å². The first-order valence-corrected chi connectivity index (χ1v) is 9.42. The number of rotatable bonds is 8. The molecule has 1 aliphatic carbocycles. The third-order valence-corrected chi connectivity index (χ3v) is 4.98. The summed E-state index contributed by atoms with van der Waals surface area (Å²) >= 11 is 0. The van der Waals surface area contributed by atoms with Gasteiger partial charge in [0.05, 0.1) is 0 Å². The highest BCUT2D eigenvalue weighted by atomic mass is 19.4. The van der Waals surface area contributed by atoms with Crippen LogP contribution in [0.1, 0.15) is 64.7 Å². The van der Waals surface area contributed by atoms with Crippen LogP contribution in [0.4, 0.5) is 13.2 Å². The van der Waals surface area contributed by atoms with Crippen molar-refractivity contribution in [2.45, 2.75) is 71.1 Å². The van der Waals surface area contributed by atoms with Crippen LogP contribution in [0.15, 0.2) is 24.3 Å². The van der Waals surface area contributed by atoms with Crippen LogP contribution in [0.5, 0.6) is 11.5 Å². The van der Waals surface area contributed by atoms with E-state index < -0.39 is 6.36 Å². The molecule has 0 amide bonds. The monoisotopic (exact) mass is 372 g/mol. The van der Waals surface area contributed by atoms with Gasteiger partial charge in [0.15, 0.2) is 0 Å². The molecule has 1 saturated carbocycles. The van der Waals surface area contributed by atoms with Crippen LogP contribution in [0.3, 0.4) is 0 Å². The molecule has 1 aromatic carbocycles. The van der Waals surface area contributed by atoms with E-state index in [1.807, 2.05) is 0 Å². The molecule has 0 radical (unpaired) electrons. The van der Waals surface area contributed by atoms with Gasteiger partial charge in [-0.25, -0.2) is 0 Å². The Bertz CT molecular complexity index is 546. The van der Waals surface area contributed by atoms with E-state index in [2.05, 4.69) is 11.7 Å². The summed E-state index contributed by atoms with van der Waals surface area (Å²) < 4.78 is 45.3. The second kappa shape index (κ2) is 9.83. The number of unbranched alkanes of at least 4 members (excludes halogenated alkanes) is 1. The third kappa shape index (κ3) is 7.67. The van der Waals surface area contributed by atoms with Crippen LogP contribution in [0, 0.1) is 11.8 Å². The summed E-state index contributed by atoms with van der Waals surface area (Å²) in [5.41, 5.74) is 0. The number of halogens is 3. The van der Waals surface area contributed by atoms with Crippen molar-refractivity contribution in [2.24, 2.45) is 11.8 Å². The Kier molecular flexibility index (Phi) is 7.79. The maximum Gasteiger partial charge on any atom is 0.573 e. The Morgan fingerprint density at radius 2 is 1.54 bits per heavy atom. The van der Waals surface area contributed by atoms with E-state index in [0.29, 0.717) is 12.3 Å². The molecule has 2 rings (SSSR count). The van der Waals surface area contributed by atoms with Crippen molar-refractivity contribution in [1.29, 1.82) is 0 Å². The fraction of sp³-hybridized carbons (Fsp3) is 0.650. The van der Waals surface area contributed by atoms with Crippen LogP contribution in [0.2, 0.25) is 0 Å². The largest absolute Gasteiger partial charge is 0.573 e. The molecular formula is C20H27F3O3. The molecule has 0 aromatic heterocycles. The zero-order valence-electron chi connectivity index (χ0n) is 15.2. The Balaban J connectivity index is 1.67. The van der Waals surface area contributed by atoms with Crippen LogP contribution in [0.25, 0.3) is 0 Å². The molecule has 0 unspecified atom stereocenters. The molecule has 3 nitrogen and oxygen atoms in total. The minimum atomic E-state index is -4.73. The molecule has 0 bridgehead atoms. The zero-order chi connectivity index (χ0) is 19.0. The van der Waals surface area contributed by atoms with E-state index in [1.54, 1.807) is 0 Å². The van der Waals surface area contributed by atoms with Gasteiger partial charge in [0, 0.05) is 6.42 Å². The minimum absolute atomic E-state index is 0.229. The normalized spacial score (nSPS) is 20.6. The van der Waals surface area contributed by atoms with E-state index in [0.717, 1.165) is 24.5 Å². The number of esters is 1. The van der Waals surface area contributed by atoms with Gasteiger partial charge in [0.2, 0.25) is 0 Å². The third-order valence-electron chi connectivity index (χ3n) is 4.98. The van der Waals surface area contributed by atoms with Crippen LogP contribution in [-0.2, 0) is 4.79 Å². The number of hydrogen-bond acceptors (Lipinski definition) is 3. The maximum atomic E-state index is 12.1. The molecule has 6 heteroatoms.